The van der Waals surface area contributed by atoms with Gasteiger partial charge in [0.1, 0.15) is 0 Å². The third kappa shape index (κ3) is 2.94. The van der Waals surface area contributed by atoms with Crippen LogP contribution in [0, 0.1) is 0 Å². The van der Waals surface area contributed by atoms with Crippen LogP contribution in [0.1, 0.15) is 31.4 Å². The quantitative estimate of drug-likeness (QED) is 0.475. The molecule has 0 spiro atoms. The second kappa shape index (κ2) is 6.52. The number of nitrogens with zero attached hydrogens (tertiary/aromatic N) is 1. The standard InChI is InChI=1S/C24H21N/c1-17-12-14-21(18(17)2)23-15-13-19-8-6-7-11-22(19)24(23)16-25-20-9-4-3-5-10-20/h3-13,15-16H,14H2,1-2H3. The number of fused-ring (bicyclic) bond motifs is 1. The van der Waals surface area contributed by atoms with Gasteiger partial charge in [-0.05, 0) is 59.9 Å². The molecule has 0 aromatic heterocycles. The molecule has 1 aliphatic rings. The van der Waals surface area contributed by atoms with Crippen LogP contribution in [0.4, 0.5) is 5.69 Å². The maximum Gasteiger partial charge on any atom is 0.0629 e. The number of hydrogen-bond donors (Lipinski definition) is 0. The molecule has 0 atom stereocenters. The van der Waals surface area contributed by atoms with Crippen molar-refractivity contribution >= 4 is 28.2 Å². The molecule has 0 saturated carbocycles. The highest BCUT2D eigenvalue weighted by molar-refractivity contribution is 6.05. The van der Waals surface area contributed by atoms with E-state index in [0.29, 0.717) is 0 Å². The molecular formula is C24H21N. The highest BCUT2D eigenvalue weighted by Crippen LogP contribution is 2.36. The molecule has 1 aliphatic carbocycles. The molecule has 0 N–H and O–H groups in total. The van der Waals surface area contributed by atoms with E-state index in [9.17, 15) is 0 Å². The molecule has 0 fully saturated rings. The third-order valence-electron chi connectivity index (χ3n) is 5.05. The lowest BCUT2D eigenvalue weighted by Crippen LogP contribution is -1.95. The van der Waals surface area contributed by atoms with Crippen LogP contribution in [0.25, 0.3) is 16.3 Å². The Morgan fingerprint density at radius 2 is 1.60 bits per heavy atom. The Morgan fingerprint density at radius 3 is 2.36 bits per heavy atom. The van der Waals surface area contributed by atoms with Crippen LogP contribution in [0.2, 0.25) is 0 Å². The fourth-order valence-corrected chi connectivity index (χ4v) is 3.46. The van der Waals surface area contributed by atoms with Crippen LogP contribution < -0.4 is 0 Å². The predicted molar refractivity (Wildman–Crippen MR) is 109 cm³/mol. The molecule has 0 saturated heterocycles. The summed E-state index contributed by atoms with van der Waals surface area (Å²) in [5.74, 6) is 0. The monoisotopic (exact) mass is 323 g/mol. The summed E-state index contributed by atoms with van der Waals surface area (Å²) >= 11 is 0. The SMILES string of the molecule is CC1=CCC(c2ccc3ccccc3c2C=Nc2ccccc2)=C1C. The van der Waals surface area contributed by atoms with Gasteiger partial charge in [0, 0.05) is 11.8 Å². The van der Waals surface area contributed by atoms with E-state index >= 15 is 0 Å². The molecule has 0 unspecified atom stereocenters. The van der Waals surface area contributed by atoms with Crippen LogP contribution in [0.3, 0.4) is 0 Å². The first-order valence-electron chi connectivity index (χ1n) is 8.72. The molecule has 122 valence electrons. The minimum atomic E-state index is 0.979. The topological polar surface area (TPSA) is 12.4 Å². The molecule has 25 heavy (non-hydrogen) atoms. The van der Waals surface area contributed by atoms with Crippen molar-refractivity contribution in [3.8, 4) is 0 Å². The molecular weight excluding hydrogens is 302 g/mol. The summed E-state index contributed by atoms with van der Waals surface area (Å²) in [7, 11) is 0. The fourth-order valence-electron chi connectivity index (χ4n) is 3.46. The van der Waals surface area contributed by atoms with E-state index in [0.717, 1.165) is 12.1 Å². The summed E-state index contributed by atoms with van der Waals surface area (Å²) < 4.78 is 0. The Morgan fingerprint density at radius 1 is 0.840 bits per heavy atom. The highest BCUT2D eigenvalue weighted by Gasteiger charge is 2.16. The zero-order valence-electron chi connectivity index (χ0n) is 14.7. The van der Waals surface area contributed by atoms with Gasteiger partial charge in [0.2, 0.25) is 0 Å². The van der Waals surface area contributed by atoms with Gasteiger partial charge in [0.25, 0.3) is 0 Å². The second-order valence-electron chi connectivity index (χ2n) is 6.54. The molecule has 0 heterocycles. The Hall–Kier alpha value is -2.93. The minimum absolute atomic E-state index is 0.979. The summed E-state index contributed by atoms with van der Waals surface area (Å²) in [5, 5.41) is 2.51. The number of aliphatic imine (C=N–C) groups is 1. The van der Waals surface area contributed by atoms with E-state index in [4.69, 9.17) is 4.99 Å². The smallest absolute Gasteiger partial charge is 0.0629 e. The van der Waals surface area contributed by atoms with Gasteiger partial charge in [0.05, 0.1) is 5.69 Å². The zero-order valence-corrected chi connectivity index (χ0v) is 14.7. The molecule has 0 aliphatic heterocycles. The molecule has 3 aromatic carbocycles. The first-order chi connectivity index (χ1) is 12.2. The molecule has 0 amide bonds. The van der Waals surface area contributed by atoms with Crippen molar-refractivity contribution in [3.63, 3.8) is 0 Å². The van der Waals surface area contributed by atoms with Gasteiger partial charge in [0.15, 0.2) is 0 Å². The maximum absolute atomic E-state index is 4.74. The number of benzene rings is 3. The number of para-hydroxylation sites is 1. The molecule has 1 nitrogen and oxygen atoms in total. The third-order valence-corrected chi connectivity index (χ3v) is 5.05. The van der Waals surface area contributed by atoms with Gasteiger partial charge < -0.3 is 0 Å². The molecule has 0 radical (unpaired) electrons. The van der Waals surface area contributed by atoms with Crippen LogP contribution in [-0.4, -0.2) is 6.21 Å². The van der Waals surface area contributed by atoms with E-state index in [1.807, 2.05) is 36.5 Å². The molecule has 3 aromatic rings. The normalized spacial score (nSPS) is 14.6. The Bertz CT molecular complexity index is 1020. The lowest BCUT2D eigenvalue weighted by molar-refractivity contribution is 1.38. The number of rotatable bonds is 3. The van der Waals surface area contributed by atoms with E-state index in [1.54, 1.807) is 0 Å². The molecule has 4 rings (SSSR count). The number of hydrogen-bond acceptors (Lipinski definition) is 1. The van der Waals surface area contributed by atoms with Crippen LogP contribution >= 0.6 is 0 Å². The van der Waals surface area contributed by atoms with Crippen LogP contribution in [0.5, 0.6) is 0 Å². The van der Waals surface area contributed by atoms with Gasteiger partial charge in [-0.15, -0.1) is 0 Å². The van der Waals surface area contributed by atoms with Crippen LogP contribution in [-0.2, 0) is 0 Å². The first-order valence-corrected chi connectivity index (χ1v) is 8.72. The van der Waals surface area contributed by atoms with Gasteiger partial charge in [-0.3, -0.25) is 4.99 Å². The fraction of sp³-hybridized carbons (Fsp3) is 0.125. The highest BCUT2D eigenvalue weighted by atomic mass is 14.7. The summed E-state index contributed by atoms with van der Waals surface area (Å²) in [4.78, 5) is 4.74. The lowest BCUT2D eigenvalue weighted by atomic mass is 9.92. The summed E-state index contributed by atoms with van der Waals surface area (Å²) in [5.41, 5.74) is 7.67. The Kier molecular flexibility index (Phi) is 4.07. The van der Waals surface area contributed by atoms with Crippen molar-refractivity contribution in [2.24, 2.45) is 4.99 Å². The van der Waals surface area contributed by atoms with Gasteiger partial charge in [-0.1, -0.05) is 66.2 Å². The maximum atomic E-state index is 4.74. The van der Waals surface area contributed by atoms with Crippen molar-refractivity contribution in [1.82, 2.24) is 0 Å². The predicted octanol–water partition coefficient (Wildman–Crippen LogP) is 6.71. The van der Waals surface area contributed by atoms with Crippen molar-refractivity contribution in [1.29, 1.82) is 0 Å². The van der Waals surface area contributed by atoms with Crippen LogP contribution in [0.15, 0.2) is 88.9 Å². The Labute approximate surface area is 149 Å². The zero-order chi connectivity index (χ0) is 17.2. The van der Waals surface area contributed by atoms with Gasteiger partial charge in [-0.2, -0.15) is 0 Å². The minimum Gasteiger partial charge on any atom is -0.256 e. The summed E-state index contributed by atoms with van der Waals surface area (Å²) in [6, 6.07) is 23.1. The first kappa shape index (κ1) is 15.6. The van der Waals surface area contributed by atoms with Gasteiger partial charge >= 0.3 is 0 Å². The second-order valence-corrected chi connectivity index (χ2v) is 6.54. The average molecular weight is 323 g/mol. The molecule has 1 heteroatoms. The van der Waals surface area contributed by atoms with Crippen molar-refractivity contribution in [2.75, 3.05) is 0 Å². The van der Waals surface area contributed by atoms with E-state index in [2.05, 4.69) is 56.3 Å². The van der Waals surface area contributed by atoms with E-state index in [-0.39, 0.29) is 0 Å². The van der Waals surface area contributed by atoms with Crippen molar-refractivity contribution < 1.29 is 0 Å². The molecule has 0 bridgehead atoms. The number of allylic oxidation sites excluding steroid dienone is 4. The summed E-state index contributed by atoms with van der Waals surface area (Å²) in [6.45, 7) is 4.42. The van der Waals surface area contributed by atoms with Crippen molar-refractivity contribution in [2.45, 2.75) is 20.3 Å². The van der Waals surface area contributed by atoms with E-state index in [1.165, 1.54) is 38.6 Å². The largest absolute Gasteiger partial charge is 0.256 e. The lowest BCUT2D eigenvalue weighted by Gasteiger charge is -2.13. The Balaban J connectivity index is 1.91. The van der Waals surface area contributed by atoms with E-state index < -0.39 is 0 Å². The van der Waals surface area contributed by atoms with Crippen molar-refractivity contribution in [3.05, 3.63) is 95.1 Å². The average Bonchev–Trinajstić information content (AvgIpc) is 2.99. The summed E-state index contributed by atoms with van der Waals surface area (Å²) in [6.07, 6.45) is 5.35. The van der Waals surface area contributed by atoms with Gasteiger partial charge in [-0.25, -0.2) is 0 Å².